The number of likely N-dealkylation sites (tertiary alicyclic amines) is 1. The molecular formula is C23H26N4OS. The largest absolute Gasteiger partial charge is 0.368 e. The summed E-state index contributed by atoms with van der Waals surface area (Å²) in [6.45, 7) is 4.89. The predicted molar refractivity (Wildman–Crippen MR) is 118 cm³/mol. The molecule has 0 spiro atoms. The molecule has 1 amide bonds. The molecule has 1 atom stereocenters. The van der Waals surface area contributed by atoms with Crippen molar-refractivity contribution in [2.45, 2.75) is 18.9 Å². The van der Waals surface area contributed by atoms with Gasteiger partial charge in [0, 0.05) is 31.9 Å². The predicted octanol–water partition coefficient (Wildman–Crippen LogP) is 3.78. The first-order valence-electron chi connectivity index (χ1n) is 10.5. The Balaban J connectivity index is 1.21. The molecule has 0 radical (unpaired) electrons. The molecule has 2 aliphatic rings. The normalized spacial score (nSPS) is 20.5. The Labute approximate surface area is 175 Å². The average Bonchev–Trinajstić information content (AvgIpc) is 3.41. The second-order valence-corrected chi connectivity index (χ2v) is 8.91. The van der Waals surface area contributed by atoms with Crippen molar-refractivity contribution in [2.75, 3.05) is 44.2 Å². The number of carbonyl (C=O) groups excluding carboxylic acids is 1. The molecule has 0 unspecified atom stereocenters. The van der Waals surface area contributed by atoms with E-state index < -0.39 is 0 Å². The zero-order valence-electron chi connectivity index (χ0n) is 16.5. The van der Waals surface area contributed by atoms with Crippen molar-refractivity contribution in [1.29, 1.82) is 0 Å². The van der Waals surface area contributed by atoms with Crippen LogP contribution in [0.2, 0.25) is 0 Å². The number of nitrogens with zero attached hydrogens (tertiary/aromatic N) is 4. The van der Waals surface area contributed by atoms with Gasteiger partial charge in [-0.3, -0.25) is 9.69 Å². The number of para-hydroxylation sites is 2. The number of thiazole rings is 1. The Kier molecular flexibility index (Phi) is 5.21. The third-order valence-electron chi connectivity index (χ3n) is 6.05. The summed E-state index contributed by atoms with van der Waals surface area (Å²) >= 11 is 1.77. The van der Waals surface area contributed by atoms with Gasteiger partial charge in [-0.25, -0.2) is 4.98 Å². The van der Waals surface area contributed by atoms with E-state index in [2.05, 4.69) is 52.3 Å². The molecule has 2 saturated heterocycles. The molecule has 5 nitrogen and oxygen atoms in total. The second-order valence-electron chi connectivity index (χ2n) is 7.85. The highest BCUT2D eigenvalue weighted by atomic mass is 32.1. The van der Waals surface area contributed by atoms with Crippen LogP contribution in [0.3, 0.4) is 0 Å². The molecule has 29 heavy (non-hydrogen) atoms. The fraction of sp³-hybridized carbons (Fsp3) is 0.391. The molecule has 2 aliphatic heterocycles. The Morgan fingerprint density at radius 3 is 2.52 bits per heavy atom. The summed E-state index contributed by atoms with van der Waals surface area (Å²) < 4.78 is 1.23. The minimum atomic E-state index is 0.255. The molecule has 1 aromatic heterocycles. The van der Waals surface area contributed by atoms with Gasteiger partial charge in [-0.05, 0) is 43.7 Å². The van der Waals surface area contributed by atoms with Crippen molar-refractivity contribution < 1.29 is 4.79 Å². The van der Waals surface area contributed by atoms with Crippen LogP contribution in [0, 0.1) is 0 Å². The summed E-state index contributed by atoms with van der Waals surface area (Å²) in [4.78, 5) is 24.6. The zero-order valence-corrected chi connectivity index (χ0v) is 17.4. The third kappa shape index (κ3) is 3.87. The van der Waals surface area contributed by atoms with E-state index in [9.17, 15) is 4.79 Å². The number of benzene rings is 2. The first kappa shape index (κ1) is 18.6. The average molecular weight is 407 g/mol. The number of hydrogen-bond acceptors (Lipinski definition) is 5. The van der Waals surface area contributed by atoms with Crippen LogP contribution >= 0.6 is 11.3 Å². The molecule has 3 aromatic rings. The molecule has 0 bridgehead atoms. The quantitative estimate of drug-likeness (QED) is 0.661. The molecule has 0 saturated carbocycles. The van der Waals surface area contributed by atoms with E-state index >= 15 is 0 Å². The van der Waals surface area contributed by atoms with E-state index in [-0.39, 0.29) is 11.9 Å². The number of amides is 1. The maximum atomic E-state index is 13.0. The van der Waals surface area contributed by atoms with Gasteiger partial charge in [0.15, 0.2) is 0 Å². The fourth-order valence-corrected chi connectivity index (χ4v) is 5.59. The zero-order chi connectivity index (χ0) is 19.6. The molecule has 2 fully saturated rings. The Bertz CT molecular complexity index is 948. The molecule has 2 aromatic carbocycles. The molecule has 3 heterocycles. The SMILES string of the molecule is O=C(CN1CCC[C@@H]1c1nc2ccccc2s1)N1CCN(c2ccccc2)CC1. The minimum Gasteiger partial charge on any atom is -0.368 e. The number of hydrogen-bond donors (Lipinski definition) is 0. The number of anilines is 1. The van der Waals surface area contributed by atoms with E-state index in [0.717, 1.165) is 56.1 Å². The molecule has 6 heteroatoms. The number of aromatic nitrogens is 1. The summed E-state index contributed by atoms with van der Waals surface area (Å²) in [6, 6.07) is 19.1. The molecule has 5 rings (SSSR count). The topological polar surface area (TPSA) is 39.7 Å². The minimum absolute atomic E-state index is 0.255. The highest BCUT2D eigenvalue weighted by molar-refractivity contribution is 7.18. The van der Waals surface area contributed by atoms with Crippen molar-refractivity contribution >= 4 is 33.1 Å². The summed E-state index contributed by atoms with van der Waals surface area (Å²) in [5, 5.41) is 1.16. The van der Waals surface area contributed by atoms with Crippen LogP contribution in [0.15, 0.2) is 54.6 Å². The number of piperazine rings is 1. The van der Waals surface area contributed by atoms with Gasteiger partial charge in [0.2, 0.25) is 5.91 Å². The summed E-state index contributed by atoms with van der Waals surface area (Å²) in [7, 11) is 0. The Morgan fingerprint density at radius 1 is 0.966 bits per heavy atom. The molecule has 0 aliphatic carbocycles. The highest BCUT2D eigenvalue weighted by Crippen LogP contribution is 2.36. The van der Waals surface area contributed by atoms with E-state index in [1.807, 2.05) is 17.0 Å². The third-order valence-corrected chi connectivity index (χ3v) is 7.19. The van der Waals surface area contributed by atoms with E-state index in [1.54, 1.807) is 11.3 Å². The van der Waals surface area contributed by atoms with Crippen molar-refractivity contribution in [3.8, 4) is 0 Å². The van der Waals surface area contributed by atoms with Gasteiger partial charge in [0.25, 0.3) is 0 Å². The van der Waals surface area contributed by atoms with Gasteiger partial charge in [-0.15, -0.1) is 11.3 Å². The van der Waals surface area contributed by atoms with Gasteiger partial charge in [0.05, 0.1) is 22.8 Å². The van der Waals surface area contributed by atoms with Gasteiger partial charge in [-0.1, -0.05) is 30.3 Å². The van der Waals surface area contributed by atoms with Crippen molar-refractivity contribution in [3.63, 3.8) is 0 Å². The van der Waals surface area contributed by atoms with Crippen LogP contribution in [-0.2, 0) is 4.79 Å². The van der Waals surface area contributed by atoms with Gasteiger partial charge >= 0.3 is 0 Å². The lowest BCUT2D eigenvalue weighted by atomic mass is 10.2. The van der Waals surface area contributed by atoms with Crippen molar-refractivity contribution in [2.24, 2.45) is 0 Å². The lowest BCUT2D eigenvalue weighted by Gasteiger charge is -2.37. The van der Waals surface area contributed by atoms with Gasteiger partial charge < -0.3 is 9.80 Å². The first-order chi connectivity index (χ1) is 14.3. The molecule has 150 valence electrons. The summed E-state index contributed by atoms with van der Waals surface area (Å²) in [5.41, 5.74) is 2.32. The van der Waals surface area contributed by atoms with Crippen LogP contribution in [0.1, 0.15) is 23.9 Å². The fourth-order valence-electron chi connectivity index (χ4n) is 4.45. The van der Waals surface area contributed by atoms with Crippen molar-refractivity contribution in [3.05, 3.63) is 59.6 Å². The number of carbonyl (C=O) groups is 1. The second kappa shape index (κ2) is 8.13. The van der Waals surface area contributed by atoms with Crippen LogP contribution in [-0.4, -0.2) is 60.0 Å². The molecule has 0 N–H and O–H groups in total. The lowest BCUT2D eigenvalue weighted by Crippen LogP contribution is -2.51. The maximum Gasteiger partial charge on any atom is 0.236 e. The Hall–Kier alpha value is -2.44. The maximum absolute atomic E-state index is 13.0. The van der Waals surface area contributed by atoms with Gasteiger partial charge in [-0.2, -0.15) is 0 Å². The first-order valence-corrected chi connectivity index (χ1v) is 11.3. The monoisotopic (exact) mass is 406 g/mol. The standard InChI is InChI=1S/C23H26N4OS/c28-22(26-15-13-25(14-16-26)18-7-2-1-3-8-18)17-27-12-6-10-20(27)23-24-19-9-4-5-11-21(19)29-23/h1-5,7-9,11,20H,6,10,12-17H2/t20-/m1/s1. The number of rotatable bonds is 4. The number of fused-ring (bicyclic) bond motifs is 1. The lowest BCUT2D eigenvalue weighted by molar-refractivity contribution is -0.133. The van der Waals surface area contributed by atoms with Crippen LogP contribution in [0.5, 0.6) is 0 Å². The summed E-state index contributed by atoms with van der Waals surface area (Å²) in [5.74, 6) is 0.255. The smallest absolute Gasteiger partial charge is 0.236 e. The highest BCUT2D eigenvalue weighted by Gasteiger charge is 2.32. The Morgan fingerprint density at radius 2 is 1.72 bits per heavy atom. The van der Waals surface area contributed by atoms with E-state index in [4.69, 9.17) is 4.98 Å². The van der Waals surface area contributed by atoms with Crippen LogP contribution in [0.25, 0.3) is 10.2 Å². The van der Waals surface area contributed by atoms with E-state index in [1.165, 1.54) is 10.4 Å². The van der Waals surface area contributed by atoms with Crippen LogP contribution < -0.4 is 4.90 Å². The summed E-state index contributed by atoms with van der Waals surface area (Å²) in [6.07, 6.45) is 2.23. The molecular weight excluding hydrogens is 380 g/mol. The van der Waals surface area contributed by atoms with Gasteiger partial charge in [0.1, 0.15) is 5.01 Å². The van der Waals surface area contributed by atoms with Crippen molar-refractivity contribution in [1.82, 2.24) is 14.8 Å². The van der Waals surface area contributed by atoms with Crippen LogP contribution in [0.4, 0.5) is 5.69 Å². The van der Waals surface area contributed by atoms with E-state index in [0.29, 0.717) is 6.54 Å².